The third-order valence-corrected chi connectivity index (χ3v) is 2.63. The highest BCUT2D eigenvalue weighted by atomic mass is 19.1. The molecule has 18 heavy (non-hydrogen) atoms. The highest BCUT2D eigenvalue weighted by molar-refractivity contribution is 5.18. The number of nitrogens with one attached hydrogen (secondary N) is 1. The predicted molar refractivity (Wildman–Crippen MR) is 65.6 cm³/mol. The fourth-order valence-corrected chi connectivity index (χ4v) is 1.68. The van der Waals surface area contributed by atoms with Crippen molar-refractivity contribution < 1.29 is 8.81 Å². The maximum Gasteiger partial charge on any atom is 0.233 e. The maximum atomic E-state index is 12.8. The van der Waals surface area contributed by atoms with Crippen LogP contribution in [0.1, 0.15) is 37.2 Å². The Kier molecular flexibility index (Phi) is 4.04. The molecule has 0 aliphatic carbocycles. The van der Waals surface area contributed by atoms with Crippen molar-refractivity contribution in [3.8, 4) is 0 Å². The molecule has 1 N–H and O–H groups in total. The largest absolute Gasteiger partial charge is 0.423 e. The number of hydrogen-bond acceptors (Lipinski definition) is 4. The van der Waals surface area contributed by atoms with Crippen molar-refractivity contribution in [2.24, 2.45) is 0 Å². The second kappa shape index (κ2) is 5.73. The molecule has 0 saturated carbocycles. The van der Waals surface area contributed by atoms with Crippen LogP contribution in [0.4, 0.5) is 4.39 Å². The van der Waals surface area contributed by atoms with Crippen molar-refractivity contribution in [1.29, 1.82) is 0 Å². The summed E-state index contributed by atoms with van der Waals surface area (Å²) in [5, 5.41) is 11.2. The Morgan fingerprint density at radius 3 is 2.67 bits per heavy atom. The summed E-state index contributed by atoms with van der Waals surface area (Å²) in [4.78, 5) is 0. The second-order valence-electron chi connectivity index (χ2n) is 4.12. The van der Waals surface area contributed by atoms with Gasteiger partial charge in [-0.15, -0.1) is 10.2 Å². The minimum Gasteiger partial charge on any atom is -0.423 e. The van der Waals surface area contributed by atoms with Gasteiger partial charge in [0.2, 0.25) is 11.8 Å². The summed E-state index contributed by atoms with van der Waals surface area (Å²) in [5.41, 5.74) is 0.947. The minimum atomic E-state index is -0.245. The number of aromatic nitrogens is 2. The summed E-state index contributed by atoms with van der Waals surface area (Å²) in [6, 6.07) is 6.33. The molecule has 0 spiro atoms. The summed E-state index contributed by atoms with van der Waals surface area (Å²) in [5.74, 6) is 0.876. The molecule has 1 aromatic heterocycles. The van der Waals surface area contributed by atoms with Crippen LogP contribution in [0.3, 0.4) is 0 Å². The topological polar surface area (TPSA) is 51.0 Å². The summed E-state index contributed by atoms with van der Waals surface area (Å²) in [6.45, 7) is 4.84. The Morgan fingerprint density at radius 2 is 2.00 bits per heavy atom. The van der Waals surface area contributed by atoms with E-state index in [1.807, 2.05) is 13.8 Å². The quantitative estimate of drug-likeness (QED) is 0.884. The second-order valence-corrected chi connectivity index (χ2v) is 4.12. The van der Waals surface area contributed by atoms with Crippen LogP contribution >= 0.6 is 0 Å². The van der Waals surface area contributed by atoms with Crippen LogP contribution in [0.25, 0.3) is 0 Å². The predicted octanol–water partition coefficient (Wildman–Crippen LogP) is 2.47. The van der Waals surface area contributed by atoms with E-state index in [1.54, 1.807) is 12.1 Å². The van der Waals surface area contributed by atoms with Crippen molar-refractivity contribution in [2.45, 2.75) is 26.3 Å². The van der Waals surface area contributed by atoms with Crippen molar-refractivity contribution in [3.63, 3.8) is 0 Å². The van der Waals surface area contributed by atoms with E-state index < -0.39 is 0 Å². The zero-order valence-electron chi connectivity index (χ0n) is 10.5. The fraction of sp³-hybridized carbons (Fsp3) is 0.385. The molecule has 1 heterocycles. The molecule has 96 valence electrons. The molecule has 0 aliphatic rings. The van der Waals surface area contributed by atoms with Gasteiger partial charge in [-0.3, -0.25) is 0 Å². The number of nitrogens with zero attached hydrogens (tertiary/aromatic N) is 2. The van der Waals surface area contributed by atoms with Crippen LogP contribution in [0, 0.1) is 5.82 Å². The summed E-state index contributed by atoms with van der Waals surface area (Å²) >= 11 is 0. The normalized spacial score (nSPS) is 12.6. The molecule has 1 aromatic carbocycles. The molecule has 2 aromatic rings. The van der Waals surface area contributed by atoms with E-state index in [4.69, 9.17) is 4.42 Å². The third kappa shape index (κ3) is 3.13. The summed E-state index contributed by atoms with van der Waals surface area (Å²) < 4.78 is 18.3. The Labute approximate surface area is 105 Å². The highest BCUT2D eigenvalue weighted by Gasteiger charge is 2.12. The maximum absolute atomic E-state index is 12.8. The Bertz CT molecular complexity index is 495. The molecule has 1 unspecified atom stereocenters. The summed E-state index contributed by atoms with van der Waals surface area (Å²) in [7, 11) is 0. The first-order chi connectivity index (χ1) is 8.69. The molecule has 0 aliphatic heterocycles. The van der Waals surface area contributed by atoms with E-state index in [1.165, 1.54) is 12.1 Å². The van der Waals surface area contributed by atoms with Crippen LogP contribution < -0.4 is 5.32 Å². The molecule has 0 amide bonds. The van der Waals surface area contributed by atoms with Gasteiger partial charge >= 0.3 is 0 Å². The lowest BCUT2D eigenvalue weighted by Gasteiger charge is -2.05. The first kappa shape index (κ1) is 12.7. The van der Waals surface area contributed by atoms with Crippen molar-refractivity contribution >= 4 is 0 Å². The smallest absolute Gasteiger partial charge is 0.233 e. The van der Waals surface area contributed by atoms with Crippen LogP contribution in [-0.2, 0) is 6.42 Å². The third-order valence-electron chi connectivity index (χ3n) is 2.63. The molecule has 5 heteroatoms. The molecule has 1 atom stereocenters. The van der Waals surface area contributed by atoms with Gasteiger partial charge in [0.1, 0.15) is 5.82 Å². The van der Waals surface area contributed by atoms with E-state index in [2.05, 4.69) is 15.5 Å². The molecule has 0 fully saturated rings. The first-order valence-electron chi connectivity index (χ1n) is 5.99. The Morgan fingerprint density at radius 1 is 1.28 bits per heavy atom. The van der Waals surface area contributed by atoms with Gasteiger partial charge in [0.15, 0.2) is 0 Å². The number of rotatable bonds is 5. The van der Waals surface area contributed by atoms with Crippen molar-refractivity contribution in [2.75, 3.05) is 6.54 Å². The van der Waals surface area contributed by atoms with Gasteiger partial charge in [-0.1, -0.05) is 19.1 Å². The molecular weight excluding hydrogens is 233 g/mol. The van der Waals surface area contributed by atoms with Gasteiger partial charge in [-0.05, 0) is 31.2 Å². The van der Waals surface area contributed by atoms with E-state index in [-0.39, 0.29) is 11.9 Å². The SMILES string of the molecule is CCNC(C)c1nnc(Cc2ccc(F)cc2)o1. The molecule has 0 saturated heterocycles. The van der Waals surface area contributed by atoms with Crippen LogP contribution in [0.5, 0.6) is 0 Å². The lowest BCUT2D eigenvalue weighted by Crippen LogP contribution is -2.17. The Balaban J connectivity index is 2.04. The standard InChI is InChI=1S/C13H16FN3O/c1-3-15-9(2)13-17-16-12(18-13)8-10-4-6-11(14)7-5-10/h4-7,9,15H,3,8H2,1-2H3. The van der Waals surface area contributed by atoms with E-state index in [9.17, 15) is 4.39 Å². The molecule has 4 nitrogen and oxygen atoms in total. The van der Waals surface area contributed by atoms with Gasteiger partial charge in [0.05, 0.1) is 12.5 Å². The lowest BCUT2D eigenvalue weighted by atomic mass is 10.1. The van der Waals surface area contributed by atoms with Crippen LogP contribution in [0.15, 0.2) is 28.7 Å². The number of hydrogen-bond donors (Lipinski definition) is 1. The average molecular weight is 249 g/mol. The average Bonchev–Trinajstić information content (AvgIpc) is 2.81. The highest BCUT2D eigenvalue weighted by Crippen LogP contribution is 2.13. The van der Waals surface area contributed by atoms with Crippen molar-refractivity contribution in [1.82, 2.24) is 15.5 Å². The molecule has 0 bridgehead atoms. The van der Waals surface area contributed by atoms with Crippen LogP contribution in [0.2, 0.25) is 0 Å². The molecular formula is C13H16FN3O. The zero-order valence-corrected chi connectivity index (χ0v) is 10.5. The monoisotopic (exact) mass is 249 g/mol. The van der Waals surface area contributed by atoms with E-state index in [0.717, 1.165) is 12.1 Å². The molecule has 2 rings (SSSR count). The lowest BCUT2D eigenvalue weighted by molar-refractivity contribution is 0.401. The van der Waals surface area contributed by atoms with Gasteiger partial charge in [0, 0.05) is 0 Å². The minimum absolute atomic E-state index is 0.0458. The zero-order chi connectivity index (χ0) is 13.0. The van der Waals surface area contributed by atoms with E-state index in [0.29, 0.717) is 18.2 Å². The Hall–Kier alpha value is -1.75. The summed E-state index contributed by atoms with van der Waals surface area (Å²) in [6.07, 6.45) is 0.520. The number of benzene rings is 1. The van der Waals surface area contributed by atoms with Crippen molar-refractivity contribution in [3.05, 3.63) is 47.4 Å². The van der Waals surface area contributed by atoms with Gasteiger partial charge in [0.25, 0.3) is 0 Å². The van der Waals surface area contributed by atoms with Gasteiger partial charge in [-0.25, -0.2) is 4.39 Å². The fourth-order valence-electron chi connectivity index (χ4n) is 1.68. The molecule has 0 radical (unpaired) electrons. The van der Waals surface area contributed by atoms with Crippen LogP contribution in [-0.4, -0.2) is 16.7 Å². The van der Waals surface area contributed by atoms with Gasteiger partial charge in [-0.2, -0.15) is 0 Å². The van der Waals surface area contributed by atoms with Gasteiger partial charge < -0.3 is 9.73 Å². The van der Waals surface area contributed by atoms with E-state index >= 15 is 0 Å². The first-order valence-corrected chi connectivity index (χ1v) is 5.99. The number of halogens is 1.